The lowest BCUT2D eigenvalue weighted by atomic mass is 9.85. The summed E-state index contributed by atoms with van der Waals surface area (Å²) >= 11 is 0. The van der Waals surface area contributed by atoms with Crippen molar-refractivity contribution in [1.29, 1.82) is 0 Å². The molecule has 1 saturated heterocycles. The number of carbonyl (C=O) groups excluding carboxylic acids is 2. The average molecular weight is 430 g/mol. The first-order chi connectivity index (χ1) is 12.8. The Kier molecular flexibility index (Phi) is 7.61. The van der Waals surface area contributed by atoms with Crippen LogP contribution < -0.4 is 5.73 Å². The molecule has 156 valence electrons. The van der Waals surface area contributed by atoms with Gasteiger partial charge in [0.1, 0.15) is 0 Å². The fourth-order valence-electron chi connectivity index (χ4n) is 3.87. The maximum Gasteiger partial charge on any atom is 0.243 e. The summed E-state index contributed by atoms with van der Waals surface area (Å²) < 4.78 is 27.0. The number of rotatable bonds is 4. The zero-order valence-electron chi connectivity index (χ0n) is 16.0. The van der Waals surface area contributed by atoms with Gasteiger partial charge in [-0.05, 0) is 38.3 Å². The first kappa shape index (κ1) is 22.8. The predicted octanol–water partition coefficient (Wildman–Crippen LogP) is 1.66. The standard InChI is InChI=1S/C19H27N3O4S.ClH/c1-14(23)15-5-7-18(8-6-15)27(25,26)22-11-9-21(10-12-22)19(24)16-3-2-4-17(20)13-16;/h5-8,16-17H,2-4,9-13,20H2,1H3;1H. The number of Topliss-reactive ketones (excluding diaryl/α,β-unsaturated/α-hetero) is 1. The second kappa shape index (κ2) is 9.35. The van der Waals surface area contributed by atoms with Crippen LogP contribution in [0.5, 0.6) is 0 Å². The Morgan fingerprint density at radius 3 is 2.18 bits per heavy atom. The van der Waals surface area contributed by atoms with E-state index in [1.54, 1.807) is 4.90 Å². The second-order valence-electron chi connectivity index (χ2n) is 7.43. The highest BCUT2D eigenvalue weighted by Crippen LogP contribution is 2.26. The molecule has 1 aliphatic carbocycles. The fraction of sp³-hybridized carbons (Fsp3) is 0.579. The lowest BCUT2D eigenvalue weighted by molar-refractivity contribution is -0.137. The summed E-state index contributed by atoms with van der Waals surface area (Å²) in [6, 6.07) is 6.08. The minimum absolute atomic E-state index is 0. The van der Waals surface area contributed by atoms with Crippen molar-refractivity contribution in [2.45, 2.75) is 43.5 Å². The molecule has 0 spiro atoms. The van der Waals surface area contributed by atoms with Crippen LogP contribution >= 0.6 is 12.4 Å². The van der Waals surface area contributed by atoms with Crippen LogP contribution in [0.2, 0.25) is 0 Å². The molecule has 1 saturated carbocycles. The monoisotopic (exact) mass is 429 g/mol. The number of piperazine rings is 1. The zero-order chi connectivity index (χ0) is 19.6. The maximum atomic E-state index is 12.8. The van der Waals surface area contributed by atoms with E-state index in [0.717, 1.165) is 25.7 Å². The van der Waals surface area contributed by atoms with Crippen molar-refractivity contribution in [1.82, 2.24) is 9.21 Å². The van der Waals surface area contributed by atoms with Crippen molar-refractivity contribution in [3.8, 4) is 0 Å². The lowest BCUT2D eigenvalue weighted by Gasteiger charge is -2.37. The molecule has 3 rings (SSSR count). The number of hydrogen-bond donors (Lipinski definition) is 1. The van der Waals surface area contributed by atoms with Crippen LogP contribution in [0, 0.1) is 5.92 Å². The molecule has 7 nitrogen and oxygen atoms in total. The SMILES string of the molecule is CC(=O)c1ccc(S(=O)(=O)N2CCN(C(=O)C3CCCC(N)C3)CC2)cc1.Cl. The maximum absolute atomic E-state index is 12.8. The normalized spacial score (nSPS) is 23.7. The quantitative estimate of drug-likeness (QED) is 0.733. The van der Waals surface area contributed by atoms with Crippen molar-refractivity contribution in [2.24, 2.45) is 11.7 Å². The van der Waals surface area contributed by atoms with Gasteiger partial charge in [0.05, 0.1) is 4.90 Å². The van der Waals surface area contributed by atoms with Gasteiger partial charge < -0.3 is 10.6 Å². The number of amides is 1. The van der Waals surface area contributed by atoms with E-state index in [1.165, 1.54) is 35.5 Å². The Bertz CT molecular complexity index is 805. The Labute approximate surface area is 172 Å². The first-order valence-corrected chi connectivity index (χ1v) is 10.9. The number of nitrogens with zero attached hydrogens (tertiary/aromatic N) is 2. The molecule has 1 aromatic carbocycles. The summed E-state index contributed by atoms with van der Waals surface area (Å²) in [5.74, 6) is -0.0300. The minimum atomic E-state index is -3.62. The van der Waals surface area contributed by atoms with Gasteiger partial charge >= 0.3 is 0 Å². The van der Waals surface area contributed by atoms with Gasteiger partial charge in [-0.25, -0.2) is 8.42 Å². The third-order valence-corrected chi connectivity index (χ3v) is 7.43. The van der Waals surface area contributed by atoms with Crippen LogP contribution in [-0.2, 0) is 14.8 Å². The highest BCUT2D eigenvalue weighted by atomic mass is 35.5. The van der Waals surface area contributed by atoms with Gasteiger partial charge in [-0.3, -0.25) is 9.59 Å². The van der Waals surface area contributed by atoms with Crippen LogP contribution in [0.4, 0.5) is 0 Å². The van der Waals surface area contributed by atoms with Crippen LogP contribution in [-0.4, -0.2) is 61.5 Å². The third kappa shape index (κ3) is 4.92. The fourth-order valence-corrected chi connectivity index (χ4v) is 5.29. The van der Waals surface area contributed by atoms with E-state index in [0.29, 0.717) is 18.7 Å². The van der Waals surface area contributed by atoms with Gasteiger partial charge in [-0.2, -0.15) is 4.31 Å². The number of halogens is 1. The zero-order valence-corrected chi connectivity index (χ0v) is 17.7. The predicted molar refractivity (Wildman–Crippen MR) is 109 cm³/mol. The number of carbonyl (C=O) groups is 2. The average Bonchev–Trinajstić information content (AvgIpc) is 2.67. The van der Waals surface area contributed by atoms with E-state index in [-0.39, 0.29) is 54.0 Å². The molecule has 28 heavy (non-hydrogen) atoms. The smallest absolute Gasteiger partial charge is 0.243 e. The molecule has 2 fully saturated rings. The van der Waals surface area contributed by atoms with E-state index in [9.17, 15) is 18.0 Å². The van der Waals surface area contributed by atoms with Crippen molar-refractivity contribution < 1.29 is 18.0 Å². The lowest BCUT2D eigenvalue weighted by Crippen LogP contribution is -2.52. The van der Waals surface area contributed by atoms with Gasteiger partial charge in [-0.15, -0.1) is 12.4 Å². The molecule has 1 aliphatic heterocycles. The molecule has 2 N–H and O–H groups in total. The minimum Gasteiger partial charge on any atom is -0.340 e. The molecular weight excluding hydrogens is 402 g/mol. The van der Waals surface area contributed by atoms with E-state index in [4.69, 9.17) is 5.73 Å². The molecule has 1 aromatic rings. The topological polar surface area (TPSA) is 101 Å². The molecule has 2 unspecified atom stereocenters. The largest absolute Gasteiger partial charge is 0.340 e. The summed E-state index contributed by atoms with van der Waals surface area (Å²) in [5.41, 5.74) is 6.47. The highest BCUT2D eigenvalue weighted by Gasteiger charge is 2.34. The third-order valence-electron chi connectivity index (χ3n) is 5.51. The van der Waals surface area contributed by atoms with E-state index < -0.39 is 10.0 Å². The number of hydrogen-bond acceptors (Lipinski definition) is 5. The Morgan fingerprint density at radius 1 is 1.04 bits per heavy atom. The van der Waals surface area contributed by atoms with Crippen molar-refractivity contribution in [3.63, 3.8) is 0 Å². The molecule has 0 radical (unpaired) electrons. The Morgan fingerprint density at radius 2 is 1.64 bits per heavy atom. The van der Waals surface area contributed by atoms with Crippen LogP contribution in [0.3, 0.4) is 0 Å². The molecule has 1 heterocycles. The summed E-state index contributed by atoms with van der Waals surface area (Å²) in [5, 5.41) is 0. The van der Waals surface area contributed by atoms with Gasteiger partial charge in [0.25, 0.3) is 0 Å². The van der Waals surface area contributed by atoms with Gasteiger partial charge in [-0.1, -0.05) is 18.6 Å². The summed E-state index contributed by atoms with van der Waals surface area (Å²) in [6.07, 6.45) is 3.54. The Hall–Kier alpha value is -1.48. The number of benzene rings is 1. The number of sulfonamides is 1. The molecule has 2 atom stereocenters. The van der Waals surface area contributed by atoms with Crippen molar-refractivity contribution in [2.75, 3.05) is 26.2 Å². The van der Waals surface area contributed by atoms with Crippen molar-refractivity contribution in [3.05, 3.63) is 29.8 Å². The van der Waals surface area contributed by atoms with Crippen LogP contribution in [0.15, 0.2) is 29.2 Å². The van der Waals surface area contributed by atoms with E-state index >= 15 is 0 Å². The number of nitrogens with two attached hydrogens (primary N) is 1. The first-order valence-electron chi connectivity index (χ1n) is 9.44. The van der Waals surface area contributed by atoms with Crippen molar-refractivity contribution >= 4 is 34.1 Å². The van der Waals surface area contributed by atoms with E-state index in [2.05, 4.69) is 0 Å². The second-order valence-corrected chi connectivity index (χ2v) is 9.37. The van der Waals surface area contributed by atoms with Crippen LogP contribution in [0.1, 0.15) is 43.0 Å². The van der Waals surface area contributed by atoms with Gasteiger partial charge in [0, 0.05) is 43.7 Å². The molecule has 0 bridgehead atoms. The summed E-state index contributed by atoms with van der Waals surface area (Å²) in [4.78, 5) is 26.0. The number of ketones is 1. The molecular formula is C19H28ClN3O4S. The molecule has 0 aromatic heterocycles. The summed E-state index contributed by atoms with van der Waals surface area (Å²) in [7, 11) is -3.62. The highest BCUT2D eigenvalue weighted by molar-refractivity contribution is 7.89. The van der Waals surface area contributed by atoms with E-state index in [1.807, 2.05) is 0 Å². The summed E-state index contributed by atoms with van der Waals surface area (Å²) in [6.45, 7) is 2.80. The molecule has 1 amide bonds. The van der Waals surface area contributed by atoms with Crippen LogP contribution in [0.25, 0.3) is 0 Å². The van der Waals surface area contributed by atoms with Gasteiger partial charge in [0.2, 0.25) is 15.9 Å². The Balaban J connectivity index is 0.00000280. The van der Waals surface area contributed by atoms with Gasteiger partial charge in [0.15, 0.2) is 5.78 Å². The molecule has 9 heteroatoms. The molecule has 2 aliphatic rings.